The quantitative estimate of drug-likeness (QED) is 0.821. The lowest BCUT2D eigenvalue weighted by Crippen LogP contribution is -2.40. The minimum absolute atomic E-state index is 0.132. The average molecular weight is 316 g/mol. The fourth-order valence-corrected chi connectivity index (χ4v) is 3.36. The number of nitrogens with one attached hydrogen (secondary N) is 1. The van der Waals surface area contributed by atoms with Gasteiger partial charge >= 0.3 is 6.03 Å². The minimum atomic E-state index is -0.364. The molecule has 0 aromatic carbocycles. The van der Waals surface area contributed by atoms with Crippen LogP contribution in [0.3, 0.4) is 0 Å². The zero-order chi connectivity index (χ0) is 14.7. The van der Waals surface area contributed by atoms with E-state index in [1.165, 1.54) is 16.2 Å². The second kappa shape index (κ2) is 6.56. The van der Waals surface area contributed by atoms with Crippen molar-refractivity contribution >= 4 is 34.9 Å². The monoisotopic (exact) mass is 315 g/mol. The molecular formula is C13H18ClN3O2S. The predicted octanol–water partition coefficient (Wildman–Crippen LogP) is 2.51. The molecule has 0 aliphatic carbocycles. The van der Waals surface area contributed by atoms with Crippen LogP contribution in [0, 0.1) is 0 Å². The molecule has 3 amide bonds. The number of imide groups is 1. The lowest BCUT2D eigenvalue weighted by molar-refractivity contribution is -0.129. The molecule has 1 saturated heterocycles. The molecule has 1 aliphatic rings. The van der Waals surface area contributed by atoms with Crippen LogP contribution in [0.25, 0.3) is 0 Å². The Kier molecular flexibility index (Phi) is 5.01. The Balaban J connectivity index is 1.92. The smallest absolute Gasteiger partial charge is 0.325 e. The minimum Gasteiger partial charge on any atom is -0.326 e. The zero-order valence-electron chi connectivity index (χ0n) is 11.6. The van der Waals surface area contributed by atoms with Crippen molar-refractivity contribution < 1.29 is 9.59 Å². The van der Waals surface area contributed by atoms with Gasteiger partial charge in [-0.05, 0) is 25.6 Å². The number of hydrogen-bond donors (Lipinski definition) is 1. The Labute approximate surface area is 127 Å². The van der Waals surface area contributed by atoms with Gasteiger partial charge in [-0.25, -0.2) is 9.69 Å². The van der Waals surface area contributed by atoms with Gasteiger partial charge in [0, 0.05) is 11.4 Å². The molecule has 1 aliphatic heterocycles. The van der Waals surface area contributed by atoms with E-state index in [1.807, 2.05) is 31.0 Å². The van der Waals surface area contributed by atoms with Gasteiger partial charge in [-0.2, -0.15) is 0 Å². The number of thiophene rings is 1. The van der Waals surface area contributed by atoms with E-state index in [0.29, 0.717) is 19.6 Å². The van der Waals surface area contributed by atoms with Crippen LogP contribution in [0.2, 0.25) is 4.34 Å². The Morgan fingerprint density at radius 3 is 2.80 bits per heavy atom. The molecule has 0 saturated carbocycles. The highest BCUT2D eigenvalue weighted by Crippen LogP contribution is 2.22. The lowest BCUT2D eigenvalue weighted by atomic mass is 10.2. The van der Waals surface area contributed by atoms with Crippen LogP contribution < -0.4 is 5.32 Å². The molecule has 1 N–H and O–H groups in total. The van der Waals surface area contributed by atoms with Crippen molar-refractivity contribution in [1.29, 1.82) is 0 Å². The third kappa shape index (κ3) is 3.50. The van der Waals surface area contributed by atoms with E-state index in [4.69, 9.17) is 11.6 Å². The largest absolute Gasteiger partial charge is 0.326 e. The number of carbonyl (C=O) groups is 2. The van der Waals surface area contributed by atoms with E-state index in [9.17, 15) is 9.59 Å². The number of rotatable bonds is 6. The molecule has 2 rings (SSSR count). The van der Waals surface area contributed by atoms with Gasteiger partial charge in [0.1, 0.15) is 6.04 Å². The highest BCUT2D eigenvalue weighted by molar-refractivity contribution is 7.16. The maximum Gasteiger partial charge on any atom is 0.325 e. The van der Waals surface area contributed by atoms with E-state index in [2.05, 4.69) is 5.32 Å². The van der Waals surface area contributed by atoms with Crippen LogP contribution in [0.5, 0.6) is 0 Å². The first-order chi connectivity index (χ1) is 9.51. The van der Waals surface area contributed by atoms with E-state index in [0.717, 1.165) is 15.6 Å². The zero-order valence-corrected chi connectivity index (χ0v) is 13.1. The summed E-state index contributed by atoms with van der Waals surface area (Å²) in [6, 6.07) is 3.14. The number of urea groups is 1. The van der Waals surface area contributed by atoms with Crippen LogP contribution >= 0.6 is 22.9 Å². The summed E-state index contributed by atoms with van der Waals surface area (Å²) in [5, 5.41) is 2.72. The molecule has 5 nitrogen and oxygen atoms in total. The first-order valence-electron chi connectivity index (χ1n) is 6.56. The Bertz CT molecular complexity index is 506. The van der Waals surface area contributed by atoms with Crippen LogP contribution in [0.4, 0.5) is 4.79 Å². The molecule has 1 fully saturated rings. The summed E-state index contributed by atoms with van der Waals surface area (Å²) in [6.45, 7) is 2.95. The molecule has 7 heteroatoms. The molecule has 0 bridgehead atoms. The van der Waals surface area contributed by atoms with Gasteiger partial charge in [0.25, 0.3) is 5.91 Å². The van der Waals surface area contributed by atoms with E-state index in [1.54, 1.807) is 0 Å². The first-order valence-corrected chi connectivity index (χ1v) is 7.75. The summed E-state index contributed by atoms with van der Waals surface area (Å²) >= 11 is 7.39. The molecule has 0 radical (unpaired) electrons. The summed E-state index contributed by atoms with van der Waals surface area (Å²) in [4.78, 5) is 28.2. The molecule has 1 atom stereocenters. The number of halogens is 1. The standard InChI is InChI=1S/C13H18ClN3O2S/c1-3-4-10-12(18)17(13(19)15-10)8-16(2)7-9-5-6-11(14)20-9/h5-6,10H,3-4,7-8H2,1-2H3,(H,15,19)/t10-/m1/s1. The highest BCUT2D eigenvalue weighted by atomic mass is 35.5. The van der Waals surface area contributed by atoms with Crippen molar-refractivity contribution in [1.82, 2.24) is 15.1 Å². The van der Waals surface area contributed by atoms with Crippen molar-refractivity contribution in [2.45, 2.75) is 32.4 Å². The van der Waals surface area contributed by atoms with E-state index in [-0.39, 0.29) is 18.0 Å². The van der Waals surface area contributed by atoms with Crippen LogP contribution in [-0.4, -0.2) is 41.5 Å². The first kappa shape index (κ1) is 15.3. The molecule has 110 valence electrons. The molecule has 0 spiro atoms. The van der Waals surface area contributed by atoms with E-state index >= 15 is 0 Å². The van der Waals surface area contributed by atoms with Crippen molar-refractivity contribution in [2.75, 3.05) is 13.7 Å². The number of nitrogens with zero attached hydrogens (tertiary/aromatic N) is 2. The maximum absolute atomic E-state index is 12.1. The third-order valence-corrected chi connectivity index (χ3v) is 4.34. The summed E-state index contributed by atoms with van der Waals surface area (Å²) < 4.78 is 0.742. The topological polar surface area (TPSA) is 52.7 Å². The second-order valence-corrected chi connectivity index (χ2v) is 6.72. The predicted molar refractivity (Wildman–Crippen MR) is 79.7 cm³/mol. The highest BCUT2D eigenvalue weighted by Gasteiger charge is 2.37. The van der Waals surface area contributed by atoms with Crippen molar-refractivity contribution in [3.8, 4) is 0 Å². The van der Waals surface area contributed by atoms with Gasteiger partial charge in [-0.1, -0.05) is 24.9 Å². The molecule has 1 aromatic heterocycles. The summed E-state index contributed by atoms with van der Waals surface area (Å²) in [6.07, 6.45) is 1.55. The summed E-state index contributed by atoms with van der Waals surface area (Å²) in [5.41, 5.74) is 0. The third-order valence-electron chi connectivity index (χ3n) is 3.12. The number of carbonyl (C=O) groups excluding carboxylic acids is 2. The van der Waals surface area contributed by atoms with E-state index < -0.39 is 0 Å². The Hall–Kier alpha value is -1.11. The molecule has 20 heavy (non-hydrogen) atoms. The van der Waals surface area contributed by atoms with Gasteiger partial charge in [0.15, 0.2) is 0 Å². The normalized spacial score (nSPS) is 19.0. The number of hydrogen-bond acceptors (Lipinski definition) is 4. The SMILES string of the molecule is CCC[C@H]1NC(=O)N(CN(C)Cc2ccc(Cl)s2)C1=O. The van der Waals surface area contributed by atoms with Crippen molar-refractivity contribution in [3.05, 3.63) is 21.3 Å². The van der Waals surface area contributed by atoms with Crippen LogP contribution in [0.15, 0.2) is 12.1 Å². The average Bonchev–Trinajstić information content (AvgIpc) is 2.89. The fourth-order valence-electron chi connectivity index (χ4n) is 2.19. The van der Waals surface area contributed by atoms with Gasteiger partial charge in [-0.3, -0.25) is 9.69 Å². The molecule has 0 unspecified atom stereocenters. The van der Waals surface area contributed by atoms with Crippen LogP contribution in [-0.2, 0) is 11.3 Å². The molecule has 1 aromatic rings. The number of amides is 3. The lowest BCUT2D eigenvalue weighted by Gasteiger charge is -2.21. The molecular weight excluding hydrogens is 298 g/mol. The summed E-state index contributed by atoms with van der Waals surface area (Å²) in [5.74, 6) is -0.132. The van der Waals surface area contributed by atoms with Gasteiger partial charge in [0.05, 0.1) is 11.0 Å². The second-order valence-electron chi connectivity index (χ2n) is 4.92. The summed E-state index contributed by atoms with van der Waals surface area (Å²) in [7, 11) is 1.88. The van der Waals surface area contributed by atoms with Crippen molar-refractivity contribution in [2.24, 2.45) is 0 Å². The maximum atomic E-state index is 12.1. The van der Waals surface area contributed by atoms with Gasteiger partial charge in [-0.15, -0.1) is 11.3 Å². The Morgan fingerprint density at radius 2 is 2.20 bits per heavy atom. The van der Waals surface area contributed by atoms with Crippen LogP contribution in [0.1, 0.15) is 24.6 Å². The van der Waals surface area contributed by atoms with Gasteiger partial charge < -0.3 is 5.32 Å². The molecule has 2 heterocycles. The fraction of sp³-hybridized carbons (Fsp3) is 0.538. The van der Waals surface area contributed by atoms with Gasteiger partial charge in [0.2, 0.25) is 0 Å². The Morgan fingerprint density at radius 1 is 1.45 bits per heavy atom. The van der Waals surface area contributed by atoms with Crippen molar-refractivity contribution in [3.63, 3.8) is 0 Å².